The molecule has 26 heavy (non-hydrogen) atoms. The number of anilines is 2. The molecule has 0 aliphatic carbocycles. The number of halogens is 4. The first-order valence-electron chi connectivity index (χ1n) is 7.13. The van der Waals surface area contributed by atoms with Gasteiger partial charge in [0.25, 0.3) is 0 Å². The van der Waals surface area contributed by atoms with Crippen molar-refractivity contribution in [2.45, 2.75) is 0 Å². The van der Waals surface area contributed by atoms with Crippen molar-refractivity contribution in [1.29, 1.82) is 0 Å². The third-order valence-corrected chi connectivity index (χ3v) is 5.17. The maximum absolute atomic E-state index is 12.2. The quantitative estimate of drug-likeness (QED) is 0.396. The Hall–Kier alpha value is -1.70. The zero-order valence-electron chi connectivity index (χ0n) is 12.8. The summed E-state index contributed by atoms with van der Waals surface area (Å²) in [6, 6.07) is 9.60. The fourth-order valence-corrected chi connectivity index (χ4v) is 3.81. The Bertz CT molecular complexity index is 923. The molecule has 0 spiro atoms. The van der Waals surface area contributed by atoms with E-state index in [0.29, 0.717) is 42.7 Å². The second-order valence-electron chi connectivity index (χ2n) is 4.97. The van der Waals surface area contributed by atoms with Crippen LogP contribution in [-0.4, -0.2) is 10.4 Å². The predicted octanol–water partition coefficient (Wildman–Crippen LogP) is 6.57. The Balaban J connectivity index is 1.75. The number of rotatable bonds is 4. The molecule has 2 aromatic carbocycles. The number of nitrogens with zero attached hydrogens (tertiary/aromatic N) is 1. The van der Waals surface area contributed by atoms with E-state index in [1.165, 1.54) is 11.5 Å². The van der Waals surface area contributed by atoms with Crippen molar-refractivity contribution >= 4 is 75.3 Å². The lowest BCUT2D eigenvalue weighted by molar-refractivity contribution is 0.254. The molecule has 0 aliphatic rings. The molecule has 3 aromatic rings. The van der Waals surface area contributed by atoms with Gasteiger partial charge in [-0.3, -0.25) is 10.9 Å². The highest BCUT2D eigenvalue weighted by Crippen LogP contribution is 2.38. The molecule has 2 amide bonds. The number of amides is 2. The molecule has 0 unspecified atom stereocenters. The summed E-state index contributed by atoms with van der Waals surface area (Å²) in [4.78, 5) is 12.2. The van der Waals surface area contributed by atoms with Gasteiger partial charge in [0.2, 0.25) is 0 Å². The number of benzene rings is 2. The molecule has 0 radical (unpaired) electrons. The van der Waals surface area contributed by atoms with Crippen molar-refractivity contribution in [2.75, 3.05) is 10.7 Å². The smallest absolute Gasteiger partial charge is 0.304 e. The van der Waals surface area contributed by atoms with Crippen LogP contribution in [0.15, 0.2) is 41.8 Å². The number of aromatic nitrogens is 1. The molecule has 1 aromatic heterocycles. The van der Waals surface area contributed by atoms with E-state index in [1.807, 2.05) is 0 Å². The van der Waals surface area contributed by atoms with E-state index in [-0.39, 0.29) is 0 Å². The Morgan fingerprint density at radius 3 is 2.12 bits per heavy atom. The highest BCUT2D eigenvalue weighted by atomic mass is 35.5. The molecule has 0 aliphatic heterocycles. The number of para-hydroxylation sites is 1. The molecule has 0 bridgehead atoms. The lowest BCUT2D eigenvalue weighted by Gasteiger charge is -2.13. The minimum atomic E-state index is -0.536. The first kappa shape index (κ1) is 19.1. The van der Waals surface area contributed by atoms with E-state index in [4.69, 9.17) is 46.4 Å². The van der Waals surface area contributed by atoms with Gasteiger partial charge in [0.05, 0.1) is 31.5 Å². The highest BCUT2D eigenvalue weighted by molar-refractivity contribution is 7.04. The van der Waals surface area contributed by atoms with Gasteiger partial charge in [-0.05, 0) is 35.8 Å². The van der Waals surface area contributed by atoms with Crippen LogP contribution < -0.4 is 16.2 Å². The van der Waals surface area contributed by atoms with Crippen LogP contribution in [0.5, 0.6) is 0 Å². The fraction of sp³-hybridized carbons (Fsp3) is 0. The minimum Gasteiger partial charge on any atom is -0.304 e. The van der Waals surface area contributed by atoms with Crippen LogP contribution in [-0.2, 0) is 0 Å². The summed E-state index contributed by atoms with van der Waals surface area (Å²) >= 11 is 25.7. The summed E-state index contributed by atoms with van der Waals surface area (Å²) in [5, 5.41) is 5.99. The number of hydrazine groups is 1. The average molecular weight is 448 g/mol. The molecule has 3 rings (SSSR count). The van der Waals surface area contributed by atoms with E-state index < -0.39 is 6.03 Å². The van der Waals surface area contributed by atoms with Gasteiger partial charge in [-0.1, -0.05) is 58.5 Å². The summed E-state index contributed by atoms with van der Waals surface area (Å²) in [5.41, 5.74) is 7.04. The molecule has 134 valence electrons. The molecule has 0 atom stereocenters. The first-order valence-corrected chi connectivity index (χ1v) is 9.48. The lowest BCUT2D eigenvalue weighted by atomic mass is 10.1. The lowest BCUT2D eigenvalue weighted by Crippen LogP contribution is -2.33. The summed E-state index contributed by atoms with van der Waals surface area (Å²) in [6.07, 6.45) is 0. The van der Waals surface area contributed by atoms with Crippen LogP contribution in [0.4, 0.5) is 16.2 Å². The largest absolute Gasteiger partial charge is 0.337 e. The van der Waals surface area contributed by atoms with Crippen molar-refractivity contribution < 1.29 is 4.79 Å². The number of carbonyl (C=O) groups is 1. The van der Waals surface area contributed by atoms with Crippen molar-refractivity contribution in [1.82, 2.24) is 9.80 Å². The van der Waals surface area contributed by atoms with Gasteiger partial charge in [-0.15, -0.1) is 0 Å². The maximum Gasteiger partial charge on any atom is 0.337 e. The number of urea groups is 1. The average Bonchev–Trinajstić information content (AvgIpc) is 3.02. The molecule has 10 heteroatoms. The van der Waals surface area contributed by atoms with E-state index >= 15 is 0 Å². The van der Waals surface area contributed by atoms with Gasteiger partial charge in [0.1, 0.15) is 5.69 Å². The normalized spacial score (nSPS) is 10.5. The SMILES string of the molecule is O=C(NNc1c(Cl)cccc1Cl)Nc1csnc1-c1c(Cl)cccc1Cl. The standard InChI is InChI=1S/C16H10Cl4N4OS/c17-8-3-1-4-9(18)13(8)15-12(7-26-24-15)21-16(25)23-22-14-10(19)5-2-6-11(14)20/h1-7,22H,(H2,21,23,25). The minimum absolute atomic E-state index is 0.374. The summed E-state index contributed by atoms with van der Waals surface area (Å²) in [5.74, 6) is 0. The molecule has 1 heterocycles. The van der Waals surface area contributed by atoms with Gasteiger partial charge >= 0.3 is 6.03 Å². The second kappa shape index (κ2) is 8.33. The molecular formula is C16H10Cl4N4OS. The van der Waals surface area contributed by atoms with Gasteiger partial charge in [-0.2, -0.15) is 4.37 Å². The number of hydrogen-bond donors (Lipinski definition) is 3. The zero-order chi connectivity index (χ0) is 18.7. The molecule has 0 saturated carbocycles. The Labute approximate surface area is 173 Å². The van der Waals surface area contributed by atoms with Crippen molar-refractivity contribution in [3.05, 3.63) is 61.9 Å². The molecule has 0 saturated heterocycles. The zero-order valence-corrected chi connectivity index (χ0v) is 16.7. The fourth-order valence-electron chi connectivity index (χ4n) is 2.12. The summed E-state index contributed by atoms with van der Waals surface area (Å²) < 4.78 is 4.28. The first-order chi connectivity index (χ1) is 12.5. The van der Waals surface area contributed by atoms with Crippen LogP contribution in [0.1, 0.15) is 0 Å². The van der Waals surface area contributed by atoms with Crippen molar-refractivity contribution in [3.63, 3.8) is 0 Å². The molecular weight excluding hydrogens is 438 g/mol. The third kappa shape index (κ3) is 4.16. The number of carbonyl (C=O) groups excluding carboxylic acids is 1. The van der Waals surface area contributed by atoms with Crippen LogP contribution in [0.3, 0.4) is 0 Å². The summed E-state index contributed by atoms with van der Waals surface area (Å²) in [6.45, 7) is 0. The van der Waals surface area contributed by atoms with Gasteiger partial charge in [0, 0.05) is 10.9 Å². The highest BCUT2D eigenvalue weighted by Gasteiger charge is 2.17. The van der Waals surface area contributed by atoms with Crippen molar-refractivity contribution in [2.24, 2.45) is 0 Å². The Morgan fingerprint density at radius 2 is 1.50 bits per heavy atom. The molecule has 5 nitrogen and oxygen atoms in total. The summed E-state index contributed by atoms with van der Waals surface area (Å²) in [7, 11) is 0. The van der Waals surface area contributed by atoms with Crippen molar-refractivity contribution in [3.8, 4) is 11.3 Å². The van der Waals surface area contributed by atoms with E-state index in [0.717, 1.165) is 0 Å². The van der Waals surface area contributed by atoms with Crippen LogP contribution >= 0.6 is 57.9 Å². The second-order valence-corrected chi connectivity index (χ2v) is 7.23. The predicted molar refractivity (Wildman–Crippen MR) is 110 cm³/mol. The number of hydrogen-bond acceptors (Lipinski definition) is 4. The monoisotopic (exact) mass is 446 g/mol. The van der Waals surface area contributed by atoms with Crippen LogP contribution in [0.2, 0.25) is 20.1 Å². The Morgan fingerprint density at radius 1 is 0.923 bits per heavy atom. The van der Waals surface area contributed by atoms with Gasteiger partial charge < -0.3 is 5.32 Å². The molecule has 0 fully saturated rings. The topological polar surface area (TPSA) is 66.1 Å². The molecule has 3 N–H and O–H groups in total. The van der Waals surface area contributed by atoms with Crippen LogP contribution in [0.25, 0.3) is 11.3 Å². The number of nitrogens with one attached hydrogen (secondary N) is 3. The van der Waals surface area contributed by atoms with Gasteiger partial charge in [-0.25, -0.2) is 4.79 Å². The third-order valence-electron chi connectivity index (χ3n) is 3.28. The Kier molecular flexibility index (Phi) is 6.11. The van der Waals surface area contributed by atoms with E-state index in [2.05, 4.69) is 20.5 Å². The maximum atomic E-state index is 12.2. The van der Waals surface area contributed by atoms with Gasteiger partial charge in [0.15, 0.2) is 0 Å². The van der Waals surface area contributed by atoms with E-state index in [9.17, 15) is 4.79 Å². The van der Waals surface area contributed by atoms with E-state index in [1.54, 1.807) is 41.8 Å². The van der Waals surface area contributed by atoms with Crippen LogP contribution in [0, 0.1) is 0 Å².